The van der Waals surface area contributed by atoms with Crippen LogP contribution < -0.4 is 0 Å². The Morgan fingerprint density at radius 3 is 2.55 bits per heavy atom. The number of hydrogen-bond donors (Lipinski definition) is 0. The highest BCUT2D eigenvalue weighted by atomic mass is 16.1. The van der Waals surface area contributed by atoms with Gasteiger partial charge in [0.25, 0.3) is 0 Å². The monoisotopic (exact) mass is 300 g/mol. The summed E-state index contributed by atoms with van der Waals surface area (Å²) in [4.78, 5) is 37.1. The van der Waals surface area contributed by atoms with Gasteiger partial charge in [-0.15, -0.1) is 0 Å². The van der Waals surface area contributed by atoms with Crippen LogP contribution in [0.3, 0.4) is 0 Å². The molecule has 3 fully saturated rings. The maximum absolute atomic E-state index is 13.0. The van der Waals surface area contributed by atoms with Gasteiger partial charge in [0.15, 0.2) is 5.78 Å². The van der Waals surface area contributed by atoms with E-state index >= 15 is 0 Å². The highest BCUT2D eigenvalue weighted by molar-refractivity contribution is 5.96. The Balaban J connectivity index is 1.77. The zero-order valence-corrected chi connectivity index (χ0v) is 13.5. The summed E-state index contributed by atoms with van der Waals surface area (Å²) in [7, 11) is 0. The molecule has 0 aromatic carbocycles. The summed E-state index contributed by atoms with van der Waals surface area (Å²) in [5, 5.41) is 0. The molecule has 0 spiro atoms. The fourth-order valence-electron chi connectivity index (χ4n) is 6.16. The molecular weight excluding hydrogens is 276 g/mol. The third kappa shape index (κ3) is 1.65. The van der Waals surface area contributed by atoms with E-state index in [1.54, 1.807) is 0 Å². The van der Waals surface area contributed by atoms with Gasteiger partial charge in [-0.05, 0) is 49.0 Å². The smallest absolute Gasteiger partial charge is 0.155 e. The largest absolute Gasteiger partial charge is 0.299 e. The third-order valence-electron chi connectivity index (χ3n) is 7.36. The van der Waals surface area contributed by atoms with Crippen LogP contribution in [0.5, 0.6) is 0 Å². The minimum absolute atomic E-state index is 0.0320. The number of fused-ring (bicyclic) bond motifs is 5. The van der Waals surface area contributed by atoms with E-state index < -0.39 is 5.41 Å². The number of carbonyl (C=O) groups excluding carboxylic acids is 3. The lowest BCUT2D eigenvalue weighted by Crippen LogP contribution is -2.55. The SMILES string of the molecule is C[C@@]12CC(=O)[C@@H]3[C@@H](CCC4=CC(=O)CC[C@]43C)[C@@H]1CCC2=O. The van der Waals surface area contributed by atoms with Crippen LogP contribution in [0.1, 0.15) is 58.8 Å². The minimum Gasteiger partial charge on any atom is -0.299 e. The molecule has 0 N–H and O–H groups in total. The molecule has 0 bridgehead atoms. The molecule has 22 heavy (non-hydrogen) atoms. The van der Waals surface area contributed by atoms with Crippen molar-refractivity contribution in [3.05, 3.63) is 11.6 Å². The average Bonchev–Trinajstić information content (AvgIpc) is 2.75. The van der Waals surface area contributed by atoms with E-state index in [0.717, 1.165) is 25.7 Å². The molecule has 3 heteroatoms. The molecule has 0 heterocycles. The van der Waals surface area contributed by atoms with Crippen LogP contribution in [0, 0.1) is 28.6 Å². The number of carbonyl (C=O) groups is 3. The molecule has 0 aliphatic heterocycles. The van der Waals surface area contributed by atoms with Crippen molar-refractivity contribution in [2.75, 3.05) is 0 Å². The molecule has 4 rings (SSSR count). The molecule has 0 saturated heterocycles. The maximum Gasteiger partial charge on any atom is 0.155 e. The molecule has 0 aromatic heterocycles. The average molecular weight is 300 g/mol. The van der Waals surface area contributed by atoms with Gasteiger partial charge in [0, 0.05) is 30.6 Å². The van der Waals surface area contributed by atoms with Gasteiger partial charge >= 0.3 is 0 Å². The van der Waals surface area contributed by atoms with Crippen molar-refractivity contribution >= 4 is 17.3 Å². The minimum atomic E-state index is -0.402. The van der Waals surface area contributed by atoms with Crippen molar-refractivity contribution < 1.29 is 14.4 Å². The standard InChI is InChI=1S/C19H24O3/c1-18-8-7-12(20)9-11(18)3-4-13-14-5-6-16(22)19(14,2)10-15(21)17(13)18/h9,13-14,17H,3-8,10H2,1-2H3/t13-,14-,17-,18+,19+/m0/s1. The van der Waals surface area contributed by atoms with Gasteiger partial charge in [-0.2, -0.15) is 0 Å². The van der Waals surface area contributed by atoms with Crippen LogP contribution in [-0.4, -0.2) is 17.3 Å². The molecule has 3 saturated carbocycles. The van der Waals surface area contributed by atoms with Crippen molar-refractivity contribution in [1.29, 1.82) is 0 Å². The lowest BCUT2D eigenvalue weighted by Gasteiger charge is -2.55. The number of ketones is 3. The summed E-state index contributed by atoms with van der Waals surface area (Å²) in [6.07, 6.45) is 7.12. The van der Waals surface area contributed by atoms with Crippen LogP contribution in [-0.2, 0) is 14.4 Å². The molecule has 4 aliphatic rings. The zero-order chi connectivity index (χ0) is 15.7. The zero-order valence-electron chi connectivity index (χ0n) is 13.5. The molecule has 4 aliphatic carbocycles. The highest BCUT2D eigenvalue weighted by Crippen LogP contribution is 2.63. The van der Waals surface area contributed by atoms with Crippen molar-refractivity contribution in [1.82, 2.24) is 0 Å². The summed E-state index contributed by atoms with van der Waals surface area (Å²) >= 11 is 0. The predicted molar refractivity (Wildman–Crippen MR) is 82.1 cm³/mol. The molecule has 0 radical (unpaired) electrons. The second-order valence-corrected chi connectivity index (χ2v) is 8.36. The molecule has 0 aromatic rings. The number of allylic oxidation sites excluding steroid dienone is 1. The maximum atomic E-state index is 13.0. The van der Waals surface area contributed by atoms with Crippen LogP contribution in [0.2, 0.25) is 0 Å². The van der Waals surface area contributed by atoms with E-state index in [1.165, 1.54) is 5.57 Å². The van der Waals surface area contributed by atoms with Crippen LogP contribution in [0.25, 0.3) is 0 Å². The van der Waals surface area contributed by atoms with Crippen molar-refractivity contribution in [2.24, 2.45) is 28.6 Å². The summed E-state index contributed by atoms with van der Waals surface area (Å²) in [6, 6.07) is 0. The Kier molecular flexibility index (Phi) is 2.87. The molecule has 118 valence electrons. The van der Waals surface area contributed by atoms with Gasteiger partial charge in [0.2, 0.25) is 0 Å². The van der Waals surface area contributed by atoms with E-state index in [9.17, 15) is 14.4 Å². The van der Waals surface area contributed by atoms with Gasteiger partial charge in [-0.25, -0.2) is 0 Å². The van der Waals surface area contributed by atoms with Gasteiger partial charge in [-0.3, -0.25) is 14.4 Å². The number of hydrogen-bond acceptors (Lipinski definition) is 3. The van der Waals surface area contributed by atoms with Crippen molar-refractivity contribution in [3.63, 3.8) is 0 Å². The highest BCUT2D eigenvalue weighted by Gasteiger charge is 2.62. The van der Waals surface area contributed by atoms with E-state index in [2.05, 4.69) is 6.92 Å². The summed E-state index contributed by atoms with van der Waals surface area (Å²) < 4.78 is 0. The molecule has 3 nitrogen and oxygen atoms in total. The van der Waals surface area contributed by atoms with Crippen LogP contribution >= 0.6 is 0 Å². The lowest BCUT2D eigenvalue weighted by molar-refractivity contribution is -0.149. The first-order valence-corrected chi connectivity index (χ1v) is 8.66. The van der Waals surface area contributed by atoms with Gasteiger partial charge in [0.1, 0.15) is 11.6 Å². The second kappa shape index (κ2) is 4.39. The Morgan fingerprint density at radius 2 is 1.77 bits per heavy atom. The first-order valence-electron chi connectivity index (χ1n) is 8.66. The molecule has 0 unspecified atom stereocenters. The summed E-state index contributed by atoms with van der Waals surface area (Å²) in [5.74, 6) is 1.54. The molecule has 0 amide bonds. The Bertz CT molecular complexity index is 616. The van der Waals surface area contributed by atoms with E-state index in [4.69, 9.17) is 0 Å². The Hall–Kier alpha value is -1.25. The molecular formula is C19H24O3. The molecule has 5 atom stereocenters. The normalized spacial score (nSPS) is 47.6. The van der Waals surface area contributed by atoms with E-state index in [-0.39, 0.29) is 22.9 Å². The Labute approximate surface area is 131 Å². The first-order chi connectivity index (χ1) is 10.4. The fourth-order valence-corrected chi connectivity index (χ4v) is 6.16. The lowest BCUT2D eigenvalue weighted by atomic mass is 9.47. The van der Waals surface area contributed by atoms with E-state index in [0.29, 0.717) is 36.9 Å². The van der Waals surface area contributed by atoms with Crippen LogP contribution in [0.15, 0.2) is 11.6 Å². The van der Waals surface area contributed by atoms with Gasteiger partial charge < -0.3 is 0 Å². The summed E-state index contributed by atoms with van der Waals surface area (Å²) in [6.45, 7) is 4.22. The third-order valence-corrected chi connectivity index (χ3v) is 7.36. The second-order valence-electron chi connectivity index (χ2n) is 8.36. The van der Waals surface area contributed by atoms with Crippen molar-refractivity contribution in [2.45, 2.75) is 58.8 Å². The van der Waals surface area contributed by atoms with E-state index in [1.807, 2.05) is 13.0 Å². The van der Waals surface area contributed by atoms with Crippen molar-refractivity contribution in [3.8, 4) is 0 Å². The summed E-state index contributed by atoms with van der Waals surface area (Å²) in [5.41, 5.74) is 0.660. The topological polar surface area (TPSA) is 51.2 Å². The van der Waals surface area contributed by atoms with Gasteiger partial charge in [-0.1, -0.05) is 19.4 Å². The number of Topliss-reactive ketones (excluding diaryl/α,β-unsaturated/α-hetero) is 2. The first kappa shape index (κ1) is 14.3. The number of rotatable bonds is 0. The Morgan fingerprint density at radius 1 is 1.00 bits per heavy atom. The fraction of sp³-hybridized carbons (Fsp3) is 0.737. The quantitative estimate of drug-likeness (QED) is 0.690. The predicted octanol–water partition coefficient (Wildman–Crippen LogP) is 3.27. The van der Waals surface area contributed by atoms with Crippen LogP contribution in [0.4, 0.5) is 0 Å². The van der Waals surface area contributed by atoms with Gasteiger partial charge in [0.05, 0.1) is 0 Å².